The highest BCUT2D eigenvalue weighted by atomic mass is 32.2. The number of nitrogens with zero attached hydrogens (tertiary/aromatic N) is 1. The molecule has 0 amide bonds. The van der Waals surface area contributed by atoms with Gasteiger partial charge in [-0.15, -0.1) is 0 Å². The first kappa shape index (κ1) is 12.9. The zero-order valence-corrected chi connectivity index (χ0v) is 9.66. The predicted molar refractivity (Wildman–Crippen MR) is 55.6 cm³/mol. The van der Waals surface area contributed by atoms with Gasteiger partial charge in [-0.3, -0.25) is 0 Å². The molecule has 0 spiro atoms. The maximum Gasteiger partial charge on any atom is 0.279 e. The summed E-state index contributed by atoms with van der Waals surface area (Å²) in [5.41, 5.74) is 0. The van der Waals surface area contributed by atoms with Crippen molar-refractivity contribution >= 4 is 10.2 Å². The van der Waals surface area contributed by atoms with Crippen LogP contribution in [-0.4, -0.2) is 57.3 Å². The minimum Gasteiger partial charge on any atom is -0.396 e. The molecule has 0 aromatic carbocycles. The number of nitrogens with one attached hydrogen (secondary N) is 1. The fourth-order valence-corrected chi connectivity index (χ4v) is 2.50. The molecule has 0 radical (unpaired) electrons. The Morgan fingerprint density at radius 1 is 1.60 bits per heavy atom. The zero-order chi connectivity index (χ0) is 11.3. The van der Waals surface area contributed by atoms with Crippen LogP contribution in [0.3, 0.4) is 0 Å². The molecule has 1 fully saturated rings. The highest BCUT2D eigenvalue weighted by Gasteiger charge is 2.24. The van der Waals surface area contributed by atoms with Crippen molar-refractivity contribution in [2.75, 3.05) is 33.4 Å². The van der Waals surface area contributed by atoms with Crippen molar-refractivity contribution in [3.8, 4) is 0 Å². The molecule has 0 aliphatic carbocycles. The molecule has 2 N–H and O–H groups in total. The van der Waals surface area contributed by atoms with E-state index in [2.05, 4.69) is 4.72 Å². The summed E-state index contributed by atoms with van der Waals surface area (Å²) in [6.45, 7) is 1.35. The molecule has 0 aromatic heterocycles. The molecule has 0 aromatic rings. The lowest BCUT2D eigenvalue weighted by Gasteiger charge is -2.19. The van der Waals surface area contributed by atoms with Gasteiger partial charge in [0.1, 0.15) is 0 Å². The molecule has 0 saturated carbocycles. The van der Waals surface area contributed by atoms with E-state index in [1.54, 1.807) is 0 Å². The second kappa shape index (κ2) is 5.76. The number of aliphatic hydroxyl groups excluding tert-OH is 1. The third-order valence-electron chi connectivity index (χ3n) is 2.29. The van der Waals surface area contributed by atoms with Crippen LogP contribution in [-0.2, 0) is 14.9 Å². The number of hydrogen-bond donors (Lipinski definition) is 2. The van der Waals surface area contributed by atoms with E-state index in [0.717, 1.165) is 0 Å². The second-order valence-corrected chi connectivity index (χ2v) is 5.39. The summed E-state index contributed by atoms with van der Waals surface area (Å²) in [7, 11) is -1.93. The van der Waals surface area contributed by atoms with Crippen molar-refractivity contribution in [3.63, 3.8) is 0 Å². The van der Waals surface area contributed by atoms with E-state index in [4.69, 9.17) is 9.84 Å². The van der Waals surface area contributed by atoms with Crippen LogP contribution in [0.15, 0.2) is 0 Å². The summed E-state index contributed by atoms with van der Waals surface area (Å²) < 4.78 is 32.2. The standard InChI is InChI=1S/C8H18N2O4S/c1-10(4-2-5-11)15(12,13)9-8-3-6-14-7-8/h8-9,11H,2-7H2,1H3. The first-order chi connectivity index (χ1) is 7.06. The minimum atomic E-state index is -3.42. The molecule has 1 aliphatic heterocycles. The third-order valence-corrected chi connectivity index (χ3v) is 3.92. The minimum absolute atomic E-state index is 0.00754. The van der Waals surface area contributed by atoms with Gasteiger partial charge in [0.15, 0.2) is 0 Å². The van der Waals surface area contributed by atoms with Crippen LogP contribution in [0.1, 0.15) is 12.8 Å². The summed E-state index contributed by atoms with van der Waals surface area (Å²) in [6, 6.07) is -0.119. The van der Waals surface area contributed by atoms with E-state index in [1.807, 2.05) is 0 Å². The van der Waals surface area contributed by atoms with Crippen molar-refractivity contribution in [3.05, 3.63) is 0 Å². The summed E-state index contributed by atoms with van der Waals surface area (Å²) in [5, 5.41) is 8.60. The molecule has 1 rings (SSSR count). The first-order valence-electron chi connectivity index (χ1n) is 4.98. The molecule has 7 heteroatoms. The van der Waals surface area contributed by atoms with Crippen LogP contribution in [0.2, 0.25) is 0 Å². The lowest BCUT2D eigenvalue weighted by molar-refractivity contribution is 0.192. The van der Waals surface area contributed by atoms with Crippen LogP contribution in [0.4, 0.5) is 0 Å². The zero-order valence-electron chi connectivity index (χ0n) is 8.85. The normalized spacial score (nSPS) is 22.5. The summed E-state index contributed by atoms with van der Waals surface area (Å²) in [6.07, 6.45) is 1.16. The fourth-order valence-electron chi connectivity index (χ4n) is 1.34. The lowest BCUT2D eigenvalue weighted by atomic mass is 10.3. The van der Waals surface area contributed by atoms with Crippen molar-refractivity contribution in [1.29, 1.82) is 0 Å². The SMILES string of the molecule is CN(CCCO)S(=O)(=O)NC1CCOC1. The number of aliphatic hydroxyl groups is 1. The van der Waals surface area contributed by atoms with Crippen LogP contribution in [0.5, 0.6) is 0 Å². The van der Waals surface area contributed by atoms with Crippen LogP contribution in [0.25, 0.3) is 0 Å². The molecule has 1 unspecified atom stereocenters. The topological polar surface area (TPSA) is 78.9 Å². The Hall–Kier alpha value is -0.210. The molecular formula is C8H18N2O4S. The van der Waals surface area contributed by atoms with Crippen molar-refractivity contribution in [1.82, 2.24) is 9.03 Å². The lowest BCUT2D eigenvalue weighted by Crippen LogP contribution is -2.44. The van der Waals surface area contributed by atoms with Gasteiger partial charge in [-0.25, -0.2) is 0 Å². The molecule has 1 saturated heterocycles. The average Bonchev–Trinajstić information content (AvgIpc) is 2.65. The largest absolute Gasteiger partial charge is 0.396 e. The first-order valence-corrected chi connectivity index (χ1v) is 6.42. The van der Waals surface area contributed by atoms with Gasteiger partial charge in [0, 0.05) is 32.8 Å². The maximum absolute atomic E-state index is 11.7. The van der Waals surface area contributed by atoms with Gasteiger partial charge in [-0.05, 0) is 12.8 Å². The fraction of sp³-hybridized carbons (Fsp3) is 1.00. The van der Waals surface area contributed by atoms with Gasteiger partial charge < -0.3 is 9.84 Å². The van der Waals surface area contributed by atoms with Crippen LogP contribution >= 0.6 is 0 Å². The van der Waals surface area contributed by atoms with Gasteiger partial charge in [0.05, 0.1) is 6.61 Å². The number of ether oxygens (including phenoxy) is 1. The van der Waals surface area contributed by atoms with Crippen LogP contribution < -0.4 is 4.72 Å². The monoisotopic (exact) mass is 238 g/mol. The van der Waals surface area contributed by atoms with Crippen molar-refractivity contribution < 1.29 is 18.3 Å². The molecule has 15 heavy (non-hydrogen) atoms. The van der Waals surface area contributed by atoms with Crippen molar-refractivity contribution in [2.45, 2.75) is 18.9 Å². The third kappa shape index (κ3) is 4.04. The van der Waals surface area contributed by atoms with Gasteiger partial charge in [0.2, 0.25) is 0 Å². The van der Waals surface area contributed by atoms with E-state index in [-0.39, 0.29) is 12.6 Å². The predicted octanol–water partition coefficient (Wildman–Crippen LogP) is -1.08. The smallest absolute Gasteiger partial charge is 0.279 e. The van der Waals surface area contributed by atoms with Gasteiger partial charge in [-0.2, -0.15) is 17.4 Å². The Morgan fingerprint density at radius 2 is 2.33 bits per heavy atom. The van der Waals surface area contributed by atoms with E-state index in [0.29, 0.717) is 32.6 Å². The van der Waals surface area contributed by atoms with Gasteiger partial charge in [-0.1, -0.05) is 0 Å². The quantitative estimate of drug-likeness (QED) is 0.617. The molecule has 90 valence electrons. The number of hydrogen-bond acceptors (Lipinski definition) is 4. The average molecular weight is 238 g/mol. The highest BCUT2D eigenvalue weighted by molar-refractivity contribution is 7.87. The van der Waals surface area contributed by atoms with E-state index in [1.165, 1.54) is 11.4 Å². The Bertz CT molecular complexity index is 274. The molecule has 6 nitrogen and oxygen atoms in total. The Labute approximate surface area is 90.4 Å². The highest BCUT2D eigenvalue weighted by Crippen LogP contribution is 2.06. The van der Waals surface area contributed by atoms with Crippen molar-refractivity contribution in [2.24, 2.45) is 0 Å². The molecular weight excluding hydrogens is 220 g/mol. The summed E-state index contributed by atoms with van der Waals surface area (Å²) in [5.74, 6) is 0. The van der Waals surface area contributed by atoms with E-state index >= 15 is 0 Å². The Morgan fingerprint density at radius 3 is 2.87 bits per heavy atom. The van der Waals surface area contributed by atoms with E-state index < -0.39 is 10.2 Å². The van der Waals surface area contributed by atoms with Gasteiger partial charge >= 0.3 is 0 Å². The molecule has 0 bridgehead atoms. The summed E-state index contributed by atoms with van der Waals surface area (Å²) in [4.78, 5) is 0. The molecule has 1 heterocycles. The summed E-state index contributed by atoms with van der Waals surface area (Å²) >= 11 is 0. The van der Waals surface area contributed by atoms with Crippen LogP contribution in [0, 0.1) is 0 Å². The van der Waals surface area contributed by atoms with E-state index in [9.17, 15) is 8.42 Å². The van der Waals surface area contributed by atoms with Gasteiger partial charge in [0.25, 0.3) is 10.2 Å². The Balaban J connectivity index is 2.42. The Kier molecular flexibility index (Phi) is 4.94. The maximum atomic E-state index is 11.7. The molecule has 1 aliphatic rings. The second-order valence-electron chi connectivity index (χ2n) is 3.58. The molecule has 1 atom stereocenters. The number of rotatable bonds is 6.